The molecule has 1 amide bonds. The second-order valence-corrected chi connectivity index (χ2v) is 4.62. The summed E-state index contributed by atoms with van der Waals surface area (Å²) in [5.41, 5.74) is 3.77. The van der Waals surface area contributed by atoms with Crippen molar-refractivity contribution >= 4 is 16.9 Å². The summed E-state index contributed by atoms with van der Waals surface area (Å²) >= 11 is 0. The number of halogens is 1. The number of rotatable bonds is 3. The van der Waals surface area contributed by atoms with E-state index in [1.807, 2.05) is 0 Å². The Hall–Kier alpha value is -2.73. The Bertz CT molecular complexity index is 814. The molecule has 0 atom stereocenters. The number of carbonyl (C=O) groups excluding carboxylic acids is 1. The number of hydroxylamine groups is 1. The van der Waals surface area contributed by atoms with Gasteiger partial charge in [-0.15, -0.1) is 0 Å². The van der Waals surface area contributed by atoms with Gasteiger partial charge in [0.1, 0.15) is 11.6 Å². The number of amides is 1. The maximum absolute atomic E-state index is 13.6. The molecule has 6 heteroatoms. The number of carbonyl (C=O) groups is 1. The van der Waals surface area contributed by atoms with Crippen molar-refractivity contribution in [2.24, 2.45) is 0 Å². The molecule has 1 heterocycles. The van der Waals surface area contributed by atoms with Crippen molar-refractivity contribution in [1.82, 2.24) is 15.4 Å². The lowest BCUT2D eigenvalue weighted by Gasteiger charge is -1.99. The summed E-state index contributed by atoms with van der Waals surface area (Å²) in [6.45, 7) is 0. The van der Waals surface area contributed by atoms with Gasteiger partial charge in [-0.3, -0.25) is 10.0 Å². The SMILES string of the molecule is O=C(NO)c1ccc2nc(Cc3ccccc3F)[nH]c2c1. The van der Waals surface area contributed by atoms with Crippen molar-refractivity contribution < 1.29 is 14.4 Å². The molecule has 21 heavy (non-hydrogen) atoms. The fourth-order valence-electron chi connectivity index (χ4n) is 2.17. The van der Waals surface area contributed by atoms with E-state index in [0.717, 1.165) is 0 Å². The Morgan fingerprint density at radius 3 is 2.86 bits per heavy atom. The molecule has 3 aromatic rings. The number of H-pyrrole nitrogens is 1. The Morgan fingerprint density at radius 1 is 1.29 bits per heavy atom. The summed E-state index contributed by atoms with van der Waals surface area (Å²) in [7, 11) is 0. The van der Waals surface area contributed by atoms with E-state index in [4.69, 9.17) is 5.21 Å². The van der Waals surface area contributed by atoms with Gasteiger partial charge < -0.3 is 4.98 Å². The molecule has 0 saturated heterocycles. The van der Waals surface area contributed by atoms with Crippen molar-refractivity contribution in [3.8, 4) is 0 Å². The Balaban J connectivity index is 1.94. The first-order valence-corrected chi connectivity index (χ1v) is 6.34. The van der Waals surface area contributed by atoms with Crippen LogP contribution in [-0.4, -0.2) is 21.1 Å². The van der Waals surface area contributed by atoms with Crippen molar-refractivity contribution in [2.45, 2.75) is 6.42 Å². The van der Waals surface area contributed by atoms with Crippen LogP contribution in [0, 0.1) is 5.82 Å². The van der Waals surface area contributed by atoms with Crippen LogP contribution in [-0.2, 0) is 6.42 Å². The van der Waals surface area contributed by atoms with Crippen LogP contribution in [0.1, 0.15) is 21.7 Å². The van der Waals surface area contributed by atoms with Crippen LogP contribution in [0.2, 0.25) is 0 Å². The number of aromatic nitrogens is 2. The van der Waals surface area contributed by atoms with Gasteiger partial charge in [0, 0.05) is 12.0 Å². The highest BCUT2D eigenvalue weighted by atomic mass is 19.1. The number of aromatic amines is 1. The highest BCUT2D eigenvalue weighted by Crippen LogP contribution is 2.17. The first kappa shape index (κ1) is 13.3. The number of hydrogen-bond donors (Lipinski definition) is 3. The van der Waals surface area contributed by atoms with Crippen LogP contribution in [0.5, 0.6) is 0 Å². The second-order valence-electron chi connectivity index (χ2n) is 4.62. The maximum atomic E-state index is 13.6. The molecule has 1 aromatic heterocycles. The number of hydrogen-bond acceptors (Lipinski definition) is 3. The van der Waals surface area contributed by atoms with Crippen molar-refractivity contribution in [3.63, 3.8) is 0 Å². The molecule has 0 saturated carbocycles. The molecule has 3 N–H and O–H groups in total. The number of nitrogens with one attached hydrogen (secondary N) is 2. The van der Waals surface area contributed by atoms with E-state index in [2.05, 4.69) is 9.97 Å². The van der Waals surface area contributed by atoms with Gasteiger partial charge in [-0.05, 0) is 29.8 Å². The number of imidazole rings is 1. The lowest BCUT2D eigenvalue weighted by Crippen LogP contribution is -2.18. The fourth-order valence-corrected chi connectivity index (χ4v) is 2.17. The smallest absolute Gasteiger partial charge is 0.274 e. The Labute approximate surface area is 119 Å². The molecule has 0 aliphatic heterocycles. The molecule has 0 spiro atoms. The topological polar surface area (TPSA) is 78.0 Å². The monoisotopic (exact) mass is 285 g/mol. The minimum atomic E-state index is -0.595. The van der Waals surface area contributed by atoms with Gasteiger partial charge in [0.2, 0.25) is 0 Å². The normalized spacial score (nSPS) is 10.8. The quantitative estimate of drug-likeness (QED) is 0.511. The average Bonchev–Trinajstić information content (AvgIpc) is 2.90. The average molecular weight is 285 g/mol. The minimum absolute atomic E-state index is 0.279. The molecule has 0 fully saturated rings. The van der Waals surface area contributed by atoms with Gasteiger partial charge in [-0.25, -0.2) is 14.9 Å². The van der Waals surface area contributed by atoms with Crippen molar-refractivity contribution in [3.05, 3.63) is 65.2 Å². The standard InChI is InChI=1S/C15H12FN3O2/c16-11-4-2-1-3-9(11)8-14-17-12-6-5-10(15(20)19-21)7-13(12)18-14/h1-7,21H,8H2,(H,17,18)(H,19,20). The van der Waals surface area contributed by atoms with E-state index >= 15 is 0 Å². The summed E-state index contributed by atoms with van der Waals surface area (Å²) in [6.07, 6.45) is 0.336. The van der Waals surface area contributed by atoms with Crippen molar-refractivity contribution in [1.29, 1.82) is 0 Å². The second kappa shape index (κ2) is 5.34. The van der Waals surface area contributed by atoms with E-state index < -0.39 is 5.91 Å². The largest absolute Gasteiger partial charge is 0.342 e. The summed E-state index contributed by atoms with van der Waals surface area (Å²) in [4.78, 5) is 18.8. The first-order chi connectivity index (χ1) is 10.2. The van der Waals surface area contributed by atoms with E-state index in [9.17, 15) is 9.18 Å². The molecular weight excluding hydrogens is 273 g/mol. The number of fused-ring (bicyclic) bond motifs is 1. The molecule has 0 bridgehead atoms. The number of benzene rings is 2. The predicted molar refractivity (Wildman–Crippen MR) is 74.6 cm³/mol. The third kappa shape index (κ3) is 2.61. The van der Waals surface area contributed by atoms with Gasteiger partial charge in [-0.1, -0.05) is 18.2 Å². The molecule has 106 valence electrons. The zero-order valence-corrected chi connectivity index (χ0v) is 10.9. The first-order valence-electron chi connectivity index (χ1n) is 6.34. The third-order valence-electron chi connectivity index (χ3n) is 3.21. The molecule has 0 aliphatic rings. The van der Waals surface area contributed by atoms with E-state index in [1.54, 1.807) is 41.9 Å². The van der Waals surface area contributed by atoms with Gasteiger partial charge in [0.05, 0.1) is 11.0 Å². The lowest BCUT2D eigenvalue weighted by molar-refractivity contribution is 0.0706. The summed E-state index contributed by atoms with van der Waals surface area (Å²) in [5, 5.41) is 8.62. The van der Waals surface area contributed by atoms with E-state index in [0.29, 0.717) is 34.4 Å². The van der Waals surface area contributed by atoms with E-state index in [-0.39, 0.29) is 5.82 Å². The van der Waals surface area contributed by atoms with Crippen LogP contribution in [0.3, 0.4) is 0 Å². The predicted octanol–water partition coefficient (Wildman–Crippen LogP) is 2.41. The fraction of sp³-hybridized carbons (Fsp3) is 0.0667. The Kier molecular flexibility index (Phi) is 3.37. The van der Waals surface area contributed by atoms with Gasteiger partial charge in [0.25, 0.3) is 5.91 Å². The molecule has 3 rings (SSSR count). The third-order valence-corrected chi connectivity index (χ3v) is 3.21. The molecular formula is C15H12FN3O2. The molecule has 2 aromatic carbocycles. The summed E-state index contributed by atoms with van der Waals surface area (Å²) < 4.78 is 13.6. The zero-order valence-electron chi connectivity index (χ0n) is 10.9. The van der Waals surface area contributed by atoms with Crippen LogP contribution in [0.15, 0.2) is 42.5 Å². The van der Waals surface area contributed by atoms with Crippen LogP contribution >= 0.6 is 0 Å². The van der Waals surface area contributed by atoms with Crippen molar-refractivity contribution in [2.75, 3.05) is 0 Å². The highest BCUT2D eigenvalue weighted by Gasteiger charge is 2.10. The van der Waals surface area contributed by atoms with Crippen LogP contribution in [0.4, 0.5) is 4.39 Å². The minimum Gasteiger partial charge on any atom is -0.342 e. The highest BCUT2D eigenvalue weighted by molar-refractivity contribution is 5.96. The zero-order chi connectivity index (χ0) is 14.8. The lowest BCUT2D eigenvalue weighted by atomic mass is 10.1. The van der Waals surface area contributed by atoms with Crippen LogP contribution in [0.25, 0.3) is 11.0 Å². The summed E-state index contributed by atoms with van der Waals surface area (Å²) in [6, 6.07) is 11.3. The van der Waals surface area contributed by atoms with Crippen LogP contribution < -0.4 is 5.48 Å². The number of nitrogens with zero attached hydrogens (tertiary/aromatic N) is 1. The molecule has 0 aliphatic carbocycles. The maximum Gasteiger partial charge on any atom is 0.274 e. The van der Waals surface area contributed by atoms with Gasteiger partial charge >= 0.3 is 0 Å². The summed E-state index contributed by atoms with van der Waals surface area (Å²) in [5.74, 6) is -0.267. The molecule has 0 unspecified atom stereocenters. The van der Waals surface area contributed by atoms with E-state index in [1.165, 1.54) is 6.07 Å². The Morgan fingerprint density at radius 2 is 2.10 bits per heavy atom. The molecule has 0 radical (unpaired) electrons. The molecule has 5 nitrogen and oxygen atoms in total. The van der Waals surface area contributed by atoms with Gasteiger partial charge in [-0.2, -0.15) is 0 Å². The van der Waals surface area contributed by atoms with Gasteiger partial charge in [0.15, 0.2) is 0 Å².